The van der Waals surface area contributed by atoms with Gasteiger partial charge in [-0.05, 0) is 36.3 Å². The van der Waals surface area contributed by atoms with Gasteiger partial charge in [-0.15, -0.1) is 0 Å². The van der Waals surface area contributed by atoms with Crippen molar-refractivity contribution in [1.29, 1.82) is 5.26 Å². The summed E-state index contributed by atoms with van der Waals surface area (Å²) in [6.45, 7) is 1.90. The minimum atomic E-state index is 0.204. The average Bonchev–Trinajstić information content (AvgIpc) is 2.29. The van der Waals surface area contributed by atoms with Gasteiger partial charge in [-0.25, -0.2) is 0 Å². The molecular weight excluding hydrogens is 202 g/mol. The highest BCUT2D eigenvalue weighted by Gasteiger charge is 1.97. The van der Waals surface area contributed by atoms with Crippen LogP contribution in [-0.2, 0) is 0 Å². The number of amidine groups is 1. The van der Waals surface area contributed by atoms with Crippen molar-refractivity contribution >= 4 is 11.4 Å². The fourth-order valence-corrected chi connectivity index (χ4v) is 1.25. The Hall–Kier alpha value is -2.28. The van der Waals surface area contributed by atoms with Gasteiger partial charge in [0.2, 0.25) is 6.19 Å². The molecule has 0 unspecified atom stereocenters. The Labute approximate surface area is 94.7 Å². The molecule has 82 valence electrons. The maximum Gasteiger partial charge on any atom is 0.207 e. The molecule has 0 radical (unpaired) electrons. The van der Waals surface area contributed by atoms with Crippen LogP contribution in [-0.4, -0.2) is 12.9 Å². The van der Waals surface area contributed by atoms with Gasteiger partial charge >= 0.3 is 0 Å². The molecule has 0 aliphatic heterocycles. The molecule has 0 saturated carbocycles. The number of nitrogens with zero attached hydrogens (tertiary/aromatic N) is 2. The van der Waals surface area contributed by atoms with Crippen LogP contribution in [0.1, 0.15) is 12.5 Å². The Kier molecular flexibility index (Phi) is 4.10. The molecule has 4 nitrogen and oxygen atoms in total. The van der Waals surface area contributed by atoms with Crippen molar-refractivity contribution in [2.45, 2.75) is 6.92 Å². The van der Waals surface area contributed by atoms with E-state index in [1.165, 1.54) is 0 Å². The molecule has 4 heteroatoms. The molecule has 0 atom stereocenters. The summed E-state index contributed by atoms with van der Waals surface area (Å²) in [6.07, 6.45) is 3.30. The topological polar surface area (TPSA) is 71.4 Å². The smallest absolute Gasteiger partial charge is 0.207 e. The highest BCUT2D eigenvalue weighted by Crippen LogP contribution is 2.17. The number of nitrogens with two attached hydrogens (primary N) is 1. The van der Waals surface area contributed by atoms with E-state index in [2.05, 4.69) is 4.99 Å². The Bertz CT molecular complexity index is 452. The second kappa shape index (κ2) is 5.56. The predicted octanol–water partition coefficient (Wildman–Crippen LogP) is 1.94. The Morgan fingerprint density at radius 2 is 2.06 bits per heavy atom. The quantitative estimate of drug-likeness (QED) is 0.475. The van der Waals surface area contributed by atoms with E-state index < -0.39 is 0 Å². The summed E-state index contributed by atoms with van der Waals surface area (Å²) in [5.74, 6) is 1.01. The van der Waals surface area contributed by atoms with E-state index in [-0.39, 0.29) is 5.84 Å². The molecule has 16 heavy (non-hydrogen) atoms. The van der Waals surface area contributed by atoms with Crippen LogP contribution in [0, 0.1) is 11.5 Å². The number of benzene rings is 1. The summed E-state index contributed by atoms with van der Waals surface area (Å²) < 4.78 is 5.06. The molecule has 0 aliphatic carbocycles. The lowest BCUT2D eigenvalue weighted by Gasteiger charge is -2.03. The molecule has 1 aromatic rings. The van der Waals surface area contributed by atoms with E-state index in [4.69, 9.17) is 15.7 Å². The number of hydrogen-bond donors (Lipinski definition) is 1. The molecule has 0 fully saturated rings. The average molecular weight is 215 g/mol. The first kappa shape index (κ1) is 11.8. The molecule has 0 amide bonds. The van der Waals surface area contributed by atoms with Gasteiger partial charge < -0.3 is 10.5 Å². The summed E-state index contributed by atoms with van der Waals surface area (Å²) in [4.78, 5) is 3.42. The zero-order chi connectivity index (χ0) is 12.0. The summed E-state index contributed by atoms with van der Waals surface area (Å²) in [7, 11) is 1.62. The van der Waals surface area contributed by atoms with Crippen LogP contribution in [0.25, 0.3) is 5.57 Å². The predicted molar refractivity (Wildman–Crippen MR) is 63.9 cm³/mol. The van der Waals surface area contributed by atoms with Crippen LogP contribution >= 0.6 is 0 Å². The second-order valence-electron chi connectivity index (χ2n) is 3.19. The van der Waals surface area contributed by atoms with Crippen molar-refractivity contribution in [3.8, 4) is 11.9 Å². The number of methoxy groups -OCH3 is 1. The van der Waals surface area contributed by atoms with Crippen LogP contribution in [0.3, 0.4) is 0 Å². The monoisotopic (exact) mass is 215 g/mol. The summed E-state index contributed by atoms with van der Waals surface area (Å²) in [5, 5.41) is 8.33. The zero-order valence-corrected chi connectivity index (χ0v) is 9.27. The van der Waals surface area contributed by atoms with Gasteiger partial charge in [-0.3, -0.25) is 0 Å². The molecule has 0 spiro atoms. The number of ether oxygens (including phenoxy) is 1. The molecule has 0 heterocycles. The molecule has 1 aromatic carbocycles. The van der Waals surface area contributed by atoms with E-state index in [1.807, 2.05) is 31.2 Å². The van der Waals surface area contributed by atoms with Crippen LogP contribution in [0.4, 0.5) is 0 Å². The highest BCUT2D eigenvalue weighted by molar-refractivity contribution is 5.98. The third-order valence-corrected chi connectivity index (χ3v) is 2.09. The van der Waals surface area contributed by atoms with E-state index in [0.29, 0.717) is 0 Å². The molecule has 0 bridgehead atoms. The van der Waals surface area contributed by atoms with Crippen molar-refractivity contribution in [3.05, 3.63) is 35.9 Å². The lowest BCUT2D eigenvalue weighted by Crippen LogP contribution is -2.07. The lowest BCUT2D eigenvalue weighted by molar-refractivity contribution is 0.415. The third-order valence-electron chi connectivity index (χ3n) is 2.09. The van der Waals surface area contributed by atoms with Crippen molar-refractivity contribution < 1.29 is 4.74 Å². The first-order valence-electron chi connectivity index (χ1n) is 4.72. The maximum atomic E-state index is 8.33. The highest BCUT2D eigenvalue weighted by atomic mass is 16.5. The van der Waals surface area contributed by atoms with Crippen molar-refractivity contribution in [1.82, 2.24) is 0 Å². The number of aliphatic imine (C=N–C) groups is 1. The van der Waals surface area contributed by atoms with Crippen LogP contribution in [0.5, 0.6) is 5.75 Å². The molecule has 1 rings (SSSR count). The fraction of sp³-hybridized carbons (Fsp3) is 0.167. The van der Waals surface area contributed by atoms with Crippen LogP contribution in [0.15, 0.2) is 35.3 Å². The van der Waals surface area contributed by atoms with Gasteiger partial charge in [0.05, 0.1) is 7.11 Å². The van der Waals surface area contributed by atoms with Gasteiger partial charge in [0, 0.05) is 0 Å². The first-order chi connectivity index (χ1) is 7.67. The first-order valence-corrected chi connectivity index (χ1v) is 4.72. The van der Waals surface area contributed by atoms with E-state index in [1.54, 1.807) is 19.4 Å². The Morgan fingerprint density at radius 1 is 1.44 bits per heavy atom. The van der Waals surface area contributed by atoms with E-state index in [0.717, 1.165) is 16.9 Å². The van der Waals surface area contributed by atoms with Gasteiger partial charge in [0.25, 0.3) is 0 Å². The van der Waals surface area contributed by atoms with E-state index >= 15 is 0 Å². The summed E-state index contributed by atoms with van der Waals surface area (Å²) >= 11 is 0. The van der Waals surface area contributed by atoms with Gasteiger partial charge in [0.15, 0.2) is 0 Å². The summed E-state index contributed by atoms with van der Waals surface area (Å²) in [5.41, 5.74) is 7.46. The van der Waals surface area contributed by atoms with Crippen LogP contribution in [0.2, 0.25) is 0 Å². The Morgan fingerprint density at radius 3 is 2.56 bits per heavy atom. The molecule has 0 saturated heterocycles. The third kappa shape index (κ3) is 3.14. The van der Waals surface area contributed by atoms with Crippen LogP contribution < -0.4 is 10.5 Å². The molecule has 2 N–H and O–H groups in total. The minimum absolute atomic E-state index is 0.204. The molecular formula is C12H13N3O. The standard InChI is InChI=1S/C12H13N3O/c1-9(7-12(14)15-8-13)10-3-5-11(16-2)6-4-10/h3-7H,1-2H3,(H2,14,15). The van der Waals surface area contributed by atoms with Crippen molar-refractivity contribution in [3.63, 3.8) is 0 Å². The number of allylic oxidation sites excluding steroid dienone is 1. The lowest BCUT2D eigenvalue weighted by atomic mass is 10.1. The van der Waals surface area contributed by atoms with E-state index in [9.17, 15) is 0 Å². The largest absolute Gasteiger partial charge is 0.497 e. The minimum Gasteiger partial charge on any atom is -0.497 e. The normalized spacial score (nSPS) is 12.1. The van der Waals surface area contributed by atoms with Gasteiger partial charge in [-0.2, -0.15) is 10.3 Å². The number of rotatable bonds is 3. The van der Waals surface area contributed by atoms with Gasteiger partial charge in [-0.1, -0.05) is 12.1 Å². The second-order valence-corrected chi connectivity index (χ2v) is 3.19. The SMILES string of the molecule is COc1ccc(C(C)=CC(N)=NC#N)cc1. The van der Waals surface area contributed by atoms with Gasteiger partial charge in [0.1, 0.15) is 11.6 Å². The Balaban J connectivity index is 2.92. The molecule has 0 aromatic heterocycles. The summed E-state index contributed by atoms with van der Waals surface area (Å²) in [6, 6.07) is 7.57. The fourth-order valence-electron chi connectivity index (χ4n) is 1.25. The molecule has 0 aliphatic rings. The van der Waals surface area contributed by atoms with Crippen molar-refractivity contribution in [2.75, 3.05) is 7.11 Å². The number of nitriles is 1. The van der Waals surface area contributed by atoms with Crippen molar-refractivity contribution in [2.24, 2.45) is 10.7 Å². The maximum absolute atomic E-state index is 8.33. The number of hydrogen-bond acceptors (Lipinski definition) is 3. The zero-order valence-electron chi connectivity index (χ0n) is 9.27.